The molecule has 2 aliphatic rings. The molecule has 0 radical (unpaired) electrons. The topological polar surface area (TPSA) is 40.5 Å². The molecule has 0 saturated heterocycles. The molecule has 1 heterocycles. The second-order valence-electron chi connectivity index (χ2n) is 9.49. The van der Waals surface area contributed by atoms with Crippen molar-refractivity contribution in [2.45, 2.75) is 59.9 Å². The van der Waals surface area contributed by atoms with Gasteiger partial charge in [0.1, 0.15) is 5.82 Å². The van der Waals surface area contributed by atoms with Gasteiger partial charge >= 0.3 is 5.97 Å². The first kappa shape index (κ1) is 21.9. The number of carboxylic acids is 1. The van der Waals surface area contributed by atoms with Gasteiger partial charge in [0.2, 0.25) is 0 Å². The lowest BCUT2D eigenvalue weighted by Gasteiger charge is -2.37. The fraction of sp³-hybridized carbons (Fsp3) is 0.423. The van der Waals surface area contributed by atoms with E-state index in [0.29, 0.717) is 12.1 Å². The van der Waals surface area contributed by atoms with Crippen molar-refractivity contribution in [1.29, 1.82) is 0 Å². The number of allylic oxidation sites excluding steroid dienone is 2. The normalized spacial score (nSPS) is 17.1. The molecule has 164 valence electrons. The fourth-order valence-electron chi connectivity index (χ4n) is 5.15. The minimum atomic E-state index is -0.835. The molecule has 0 saturated carbocycles. The molecule has 0 unspecified atom stereocenters. The largest absolute Gasteiger partial charge is 0.481 e. The monoisotopic (exact) mass is 439 g/mol. The lowest BCUT2D eigenvalue weighted by molar-refractivity contribution is -0.136. The van der Waals surface area contributed by atoms with E-state index in [4.69, 9.17) is 0 Å². The zero-order valence-corrected chi connectivity index (χ0v) is 19.8. The van der Waals surface area contributed by atoms with Gasteiger partial charge in [0.15, 0.2) is 0 Å². The van der Waals surface area contributed by atoms with Crippen LogP contribution in [0.4, 0.5) is 10.1 Å². The fourth-order valence-corrected chi connectivity index (χ4v) is 5.82. The average molecular weight is 440 g/mol. The van der Waals surface area contributed by atoms with E-state index < -0.39 is 5.97 Å². The molecule has 4 rings (SSSR count). The number of halogens is 1. The summed E-state index contributed by atoms with van der Waals surface area (Å²) in [5.74, 6) is -1.05. The first-order valence-corrected chi connectivity index (χ1v) is 12.0. The number of anilines is 1. The highest BCUT2D eigenvalue weighted by Gasteiger charge is 2.33. The zero-order valence-electron chi connectivity index (χ0n) is 18.9. The van der Waals surface area contributed by atoms with Gasteiger partial charge in [0.05, 0.1) is 18.7 Å². The van der Waals surface area contributed by atoms with Gasteiger partial charge in [-0.15, -0.1) is 0 Å². The Bertz CT molecular complexity index is 1100. The van der Waals surface area contributed by atoms with E-state index in [2.05, 4.69) is 24.2 Å². The Kier molecular flexibility index (Phi) is 5.67. The van der Waals surface area contributed by atoms with Crippen LogP contribution in [-0.2, 0) is 17.8 Å². The van der Waals surface area contributed by atoms with Crippen LogP contribution in [0.2, 0.25) is 0 Å². The van der Waals surface area contributed by atoms with Crippen molar-refractivity contribution in [3.05, 3.63) is 57.9 Å². The Hall–Kier alpha value is -2.27. The van der Waals surface area contributed by atoms with Gasteiger partial charge in [-0.3, -0.25) is 4.79 Å². The van der Waals surface area contributed by atoms with Gasteiger partial charge in [0, 0.05) is 17.4 Å². The third-order valence-electron chi connectivity index (χ3n) is 6.85. The molecule has 2 aromatic carbocycles. The number of carboxylic acid groups (broad SMARTS) is 1. The molecule has 0 amide bonds. The molecule has 1 aliphatic carbocycles. The van der Waals surface area contributed by atoms with Crippen molar-refractivity contribution in [1.82, 2.24) is 0 Å². The van der Waals surface area contributed by atoms with Crippen molar-refractivity contribution < 1.29 is 14.3 Å². The van der Waals surface area contributed by atoms with Gasteiger partial charge in [-0.1, -0.05) is 44.0 Å². The lowest BCUT2D eigenvalue weighted by Crippen LogP contribution is -2.24. The van der Waals surface area contributed by atoms with Crippen molar-refractivity contribution in [3.63, 3.8) is 0 Å². The Labute approximate surface area is 188 Å². The zero-order chi connectivity index (χ0) is 22.5. The maximum atomic E-state index is 15.1. The Balaban J connectivity index is 2.06. The molecule has 0 fully saturated rings. The smallest absolute Gasteiger partial charge is 0.307 e. The maximum Gasteiger partial charge on any atom is 0.307 e. The highest BCUT2D eigenvalue weighted by Crippen LogP contribution is 2.51. The minimum absolute atomic E-state index is 0.0254. The molecule has 0 aromatic heterocycles. The predicted octanol–water partition coefficient (Wildman–Crippen LogP) is 6.93. The second kappa shape index (κ2) is 8.01. The van der Waals surface area contributed by atoms with E-state index in [-0.39, 0.29) is 17.7 Å². The van der Waals surface area contributed by atoms with Crippen molar-refractivity contribution in [3.8, 4) is 11.1 Å². The molecular formula is C26H30FNO2S. The molecule has 0 spiro atoms. The number of benzene rings is 2. The number of fused-ring (bicyclic) bond motifs is 3. The molecule has 3 nitrogen and oxygen atoms in total. The van der Waals surface area contributed by atoms with E-state index in [1.165, 1.54) is 11.6 Å². The van der Waals surface area contributed by atoms with E-state index >= 15 is 4.39 Å². The van der Waals surface area contributed by atoms with E-state index in [1.54, 1.807) is 18.0 Å². The number of hydrogen-bond donors (Lipinski definition) is 1. The molecular weight excluding hydrogens is 409 g/mol. The quantitative estimate of drug-likeness (QED) is 0.525. The highest BCUT2D eigenvalue weighted by molar-refractivity contribution is 7.99. The predicted molar refractivity (Wildman–Crippen MR) is 128 cm³/mol. The van der Waals surface area contributed by atoms with Crippen LogP contribution in [-0.4, -0.2) is 17.3 Å². The summed E-state index contributed by atoms with van der Waals surface area (Å²) in [4.78, 5) is 11.8. The number of carbonyl (C=O) groups is 1. The van der Waals surface area contributed by atoms with Crippen LogP contribution >= 0.6 is 11.9 Å². The molecule has 1 N–H and O–H groups in total. The first-order valence-electron chi connectivity index (χ1n) is 10.8. The van der Waals surface area contributed by atoms with Crippen molar-refractivity contribution >= 4 is 29.2 Å². The molecule has 0 bridgehead atoms. The maximum absolute atomic E-state index is 15.1. The Morgan fingerprint density at radius 2 is 1.94 bits per heavy atom. The molecule has 31 heavy (non-hydrogen) atoms. The van der Waals surface area contributed by atoms with Crippen LogP contribution < -0.4 is 4.31 Å². The van der Waals surface area contributed by atoms with E-state index in [9.17, 15) is 9.90 Å². The van der Waals surface area contributed by atoms with Crippen LogP contribution in [0.1, 0.15) is 60.9 Å². The summed E-state index contributed by atoms with van der Waals surface area (Å²) in [5.41, 5.74) is 8.81. The lowest BCUT2D eigenvalue weighted by atomic mass is 9.73. The first-order chi connectivity index (χ1) is 14.6. The summed E-state index contributed by atoms with van der Waals surface area (Å²) in [5, 5.41) is 9.72. The summed E-state index contributed by atoms with van der Waals surface area (Å²) in [6, 6.07) is 5.29. The highest BCUT2D eigenvalue weighted by atomic mass is 32.2. The number of rotatable bonds is 4. The van der Waals surface area contributed by atoms with Gasteiger partial charge in [-0.2, -0.15) is 0 Å². The molecule has 0 atom stereocenters. The van der Waals surface area contributed by atoms with Crippen LogP contribution in [0, 0.1) is 25.1 Å². The summed E-state index contributed by atoms with van der Waals surface area (Å²) in [6.07, 6.45) is 7.20. The van der Waals surface area contributed by atoms with Crippen LogP contribution in [0.3, 0.4) is 0 Å². The summed E-state index contributed by atoms with van der Waals surface area (Å²) < 4.78 is 17.3. The van der Waals surface area contributed by atoms with Gasteiger partial charge in [0.25, 0.3) is 0 Å². The van der Waals surface area contributed by atoms with Gasteiger partial charge < -0.3 is 9.41 Å². The molecule has 5 heteroatoms. The van der Waals surface area contributed by atoms with E-state index in [0.717, 1.165) is 58.3 Å². The van der Waals surface area contributed by atoms with Crippen LogP contribution in [0.5, 0.6) is 0 Å². The van der Waals surface area contributed by atoms with Crippen LogP contribution in [0.15, 0.2) is 24.3 Å². The third-order valence-corrected chi connectivity index (χ3v) is 7.60. The van der Waals surface area contributed by atoms with E-state index in [1.807, 2.05) is 26.2 Å². The standard InChI is InChI=1S/C26H30FNO2S/c1-15-19(13-21(29)30)22(17-9-11-26(3,4)12-10-17)16(2)23-24-18(7-6-8-20(24)27)14-28(31-5)25(15)23/h6-9H,10-14H2,1-5H3,(H,29,30). The van der Waals surface area contributed by atoms with Gasteiger partial charge in [-0.25, -0.2) is 4.39 Å². The third kappa shape index (κ3) is 3.78. The minimum Gasteiger partial charge on any atom is -0.481 e. The average Bonchev–Trinajstić information content (AvgIpc) is 2.71. The van der Waals surface area contributed by atoms with Gasteiger partial charge in [-0.05, 0) is 78.0 Å². The number of aliphatic carboxylic acids is 1. The SMILES string of the molecule is CSN1Cc2cccc(F)c2-c2c(C)c(C3=CCC(C)(C)CC3)c(CC(=O)O)c(C)c21. The Morgan fingerprint density at radius 3 is 2.55 bits per heavy atom. The van der Waals surface area contributed by atoms with Crippen molar-refractivity contribution in [2.24, 2.45) is 5.41 Å². The van der Waals surface area contributed by atoms with Crippen molar-refractivity contribution in [2.75, 3.05) is 10.6 Å². The molecule has 2 aromatic rings. The Morgan fingerprint density at radius 1 is 1.19 bits per heavy atom. The van der Waals surface area contributed by atoms with Crippen LogP contribution in [0.25, 0.3) is 16.7 Å². The molecule has 1 aliphatic heterocycles. The summed E-state index contributed by atoms with van der Waals surface area (Å²) in [7, 11) is 0. The second-order valence-corrected chi connectivity index (χ2v) is 10.3. The number of nitrogens with zero attached hydrogens (tertiary/aromatic N) is 1. The summed E-state index contributed by atoms with van der Waals surface area (Å²) in [6.45, 7) is 9.18. The number of hydrogen-bond acceptors (Lipinski definition) is 3. The summed E-state index contributed by atoms with van der Waals surface area (Å²) >= 11 is 1.60.